The highest BCUT2D eigenvalue weighted by Gasteiger charge is 2.11. The van der Waals surface area contributed by atoms with Gasteiger partial charge in [-0.15, -0.1) is 11.8 Å². The van der Waals surface area contributed by atoms with Crippen molar-refractivity contribution in [3.05, 3.63) is 54.1 Å². The summed E-state index contributed by atoms with van der Waals surface area (Å²) in [6, 6.07) is 14.6. The highest BCUT2D eigenvalue weighted by Crippen LogP contribution is 2.23. The van der Waals surface area contributed by atoms with Crippen molar-refractivity contribution < 1.29 is 9.59 Å². The molecular weight excluding hydrogens is 296 g/mol. The van der Waals surface area contributed by atoms with Crippen LogP contribution in [0.15, 0.2) is 53.4 Å². The Labute approximate surface area is 134 Å². The summed E-state index contributed by atoms with van der Waals surface area (Å²) in [5.41, 5.74) is 1.95. The van der Waals surface area contributed by atoms with Crippen molar-refractivity contribution in [2.75, 3.05) is 16.4 Å². The molecule has 0 bridgehead atoms. The van der Waals surface area contributed by atoms with Gasteiger partial charge in [-0.05, 0) is 36.1 Å². The average Bonchev–Trinajstić information content (AvgIpc) is 2.47. The second kappa shape index (κ2) is 7.66. The third-order valence-electron chi connectivity index (χ3n) is 2.87. The summed E-state index contributed by atoms with van der Waals surface area (Å²) in [4.78, 5) is 24.5. The van der Waals surface area contributed by atoms with E-state index in [2.05, 4.69) is 17.6 Å². The molecule has 2 aromatic rings. The van der Waals surface area contributed by atoms with Gasteiger partial charge < -0.3 is 10.6 Å². The van der Waals surface area contributed by atoms with Crippen molar-refractivity contribution in [1.82, 2.24) is 0 Å². The molecule has 22 heavy (non-hydrogen) atoms. The molecule has 0 heterocycles. The van der Waals surface area contributed by atoms with Crippen LogP contribution < -0.4 is 10.6 Å². The SMILES string of the molecule is CCSc1ccccc1C(=O)Nc1cccc(NC(C)=O)c1. The molecule has 0 aliphatic carbocycles. The van der Waals surface area contributed by atoms with Crippen LogP contribution in [0.4, 0.5) is 11.4 Å². The van der Waals surface area contributed by atoms with Crippen LogP contribution in [0.3, 0.4) is 0 Å². The maximum absolute atomic E-state index is 12.4. The standard InChI is InChI=1S/C17H18N2O2S/c1-3-22-16-10-5-4-9-15(16)17(21)19-14-8-6-7-13(11-14)18-12(2)20/h4-11H,3H2,1-2H3,(H,18,20)(H,19,21). The molecule has 0 aliphatic heterocycles. The monoisotopic (exact) mass is 314 g/mol. The highest BCUT2D eigenvalue weighted by atomic mass is 32.2. The van der Waals surface area contributed by atoms with E-state index in [1.54, 1.807) is 36.0 Å². The minimum Gasteiger partial charge on any atom is -0.326 e. The molecule has 0 aromatic heterocycles. The first-order chi connectivity index (χ1) is 10.6. The van der Waals surface area contributed by atoms with Crippen LogP contribution in [0.2, 0.25) is 0 Å². The fourth-order valence-electron chi connectivity index (χ4n) is 2.01. The van der Waals surface area contributed by atoms with E-state index in [1.165, 1.54) is 6.92 Å². The summed E-state index contributed by atoms with van der Waals surface area (Å²) < 4.78 is 0. The number of hydrogen-bond donors (Lipinski definition) is 2. The van der Waals surface area contributed by atoms with Crippen LogP contribution in [0.5, 0.6) is 0 Å². The summed E-state index contributed by atoms with van der Waals surface area (Å²) in [6.07, 6.45) is 0. The third-order valence-corrected chi connectivity index (χ3v) is 3.83. The van der Waals surface area contributed by atoms with Crippen molar-refractivity contribution >= 4 is 35.0 Å². The van der Waals surface area contributed by atoms with Gasteiger partial charge in [0, 0.05) is 23.2 Å². The van der Waals surface area contributed by atoms with Gasteiger partial charge >= 0.3 is 0 Å². The van der Waals surface area contributed by atoms with Crippen molar-refractivity contribution in [2.45, 2.75) is 18.7 Å². The fourth-order valence-corrected chi connectivity index (χ4v) is 2.81. The Kier molecular flexibility index (Phi) is 5.61. The van der Waals surface area contributed by atoms with Gasteiger partial charge in [-0.2, -0.15) is 0 Å². The molecule has 0 radical (unpaired) electrons. The maximum atomic E-state index is 12.4. The van der Waals surface area contributed by atoms with E-state index in [0.29, 0.717) is 16.9 Å². The first-order valence-corrected chi connectivity index (χ1v) is 7.99. The highest BCUT2D eigenvalue weighted by molar-refractivity contribution is 7.99. The van der Waals surface area contributed by atoms with E-state index >= 15 is 0 Å². The van der Waals surface area contributed by atoms with Crippen LogP contribution in [0.1, 0.15) is 24.2 Å². The summed E-state index contributed by atoms with van der Waals surface area (Å²) in [7, 11) is 0. The lowest BCUT2D eigenvalue weighted by molar-refractivity contribution is -0.114. The normalized spacial score (nSPS) is 10.1. The van der Waals surface area contributed by atoms with Crippen LogP contribution >= 0.6 is 11.8 Å². The number of benzene rings is 2. The molecule has 2 aromatic carbocycles. The van der Waals surface area contributed by atoms with Crippen molar-refractivity contribution in [2.24, 2.45) is 0 Å². The number of hydrogen-bond acceptors (Lipinski definition) is 3. The van der Waals surface area contributed by atoms with Gasteiger partial charge in [0.2, 0.25) is 5.91 Å². The molecule has 4 nitrogen and oxygen atoms in total. The van der Waals surface area contributed by atoms with Crippen LogP contribution in [0, 0.1) is 0 Å². The quantitative estimate of drug-likeness (QED) is 0.820. The molecule has 0 spiro atoms. The van der Waals surface area contributed by atoms with Crippen molar-refractivity contribution in [3.8, 4) is 0 Å². The molecule has 0 unspecified atom stereocenters. The largest absolute Gasteiger partial charge is 0.326 e. The van der Waals surface area contributed by atoms with Gasteiger partial charge in [0.1, 0.15) is 0 Å². The van der Waals surface area contributed by atoms with Gasteiger partial charge in [-0.1, -0.05) is 25.1 Å². The maximum Gasteiger partial charge on any atom is 0.256 e. The smallest absolute Gasteiger partial charge is 0.256 e. The number of carbonyl (C=O) groups excluding carboxylic acids is 2. The first-order valence-electron chi connectivity index (χ1n) is 7.01. The number of thioether (sulfide) groups is 1. The molecule has 0 aliphatic rings. The first kappa shape index (κ1) is 16.1. The molecular formula is C17H18N2O2S. The molecule has 114 valence electrons. The van der Waals surface area contributed by atoms with Gasteiger partial charge in [-0.3, -0.25) is 9.59 Å². The lowest BCUT2D eigenvalue weighted by Crippen LogP contribution is -2.13. The van der Waals surface area contributed by atoms with Gasteiger partial charge in [0.05, 0.1) is 5.56 Å². The van der Waals surface area contributed by atoms with Crippen LogP contribution in [-0.4, -0.2) is 17.6 Å². The zero-order chi connectivity index (χ0) is 15.9. The minimum absolute atomic E-state index is 0.145. The van der Waals surface area contributed by atoms with Crippen molar-refractivity contribution in [3.63, 3.8) is 0 Å². The summed E-state index contributed by atoms with van der Waals surface area (Å²) in [5.74, 6) is 0.604. The van der Waals surface area contributed by atoms with Gasteiger partial charge in [0.15, 0.2) is 0 Å². The molecule has 0 saturated carbocycles. The van der Waals surface area contributed by atoms with E-state index in [-0.39, 0.29) is 11.8 Å². The third kappa shape index (κ3) is 4.36. The van der Waals surface area contributed by atoms with Gasteiger partial charge in [-0.25, -0.2) is 0 Å². The number of carbonyl (C=O) groups is 2. The Balaban J connectivity index is 2.17. The molecule has 0 saturated heterocycles. The lowest BCUT2D eigenvalue weighted by atomic mass is 10.2. The van der Waals surface area contributed by atoms with Crippen LogP contribution in [0.25, 0.3) is 0 Å². The molecule has 2 rings (SSSR count). The Bertz CT molecular complexity index is 686. The topological polar surface area (TPSA) is 58.2 Å². The Morgan fingerprint density at radius 3 is 2.36 bits per heavy atom. The zero-order valence-corrected chi connectivity index (χ0v) is 13.4. The molecule has 0 atom stereocenters. The van der Waals surface area contributed by atoms with E-state index in [1.807, 2.05) is 24.3 Å². The minimum atomic E-state index is -0.156. The zero-order valence-electron chi connectivity index (χ0n) is 12.6. The second-order valence-corrected chi connectivity index (χ2v) is 5.95. The summed E-state index contributed by atoms with van der Waals surface area (Å²) in [6.45, 7) is 3.50. The summed E-state index contributed by atoms with van der Waals surface area (Å²) in [5, 5.41) is 5.56. The molecule has 2 N–H and O–H groups in total. The Hall–Kier alpha value is -2.27. The van der Waals surface area contributed by atoms with E-state index in [4.69, 9.17) is 0 Å². The number of anilines is 2. The Morgan fingerprint density at radius 2 is 1.68 bits per heavy atom. The Morgan fingerprint density at radius 1 is 1.00 bits per heavy atom. The van der Waals surface area contributed by atoms with Crippen molar-refractivity contribution in [1.29, 1.82) is 0 Å². The molecule has 5 heteroatoms. The van der Waals surface area contributed by atoms with E-state index < -0.39 is 0 Å². The fraction of sp³-hybridized carbons (Fsp3) is 0.176. The molecule has 2 amide bonds. The van der Waals surface area contributed by atoms with Gasteiger partial charge in [0.25, 0.3) is 5.91 Å². The summed E-state index contributed by atoms with van der Waals surface area (Å²) >= 11 is 1.63. The lowest BCUT2D eigenvalue weighted by Gasteiger charge is -2.10. The van der Waals surface area contributed by atoms with Crippen LogP contribution in [-0.2, 0) is 4.79 Å². The predicted molar refractivity (Wildman–Crippen MR) is 91.5 cm³/mol. The number of nitrogens with one attached hydrogen (secondary N) is 2. The second-order valence-electron chi connectivity index (χ2n) is 4.65. The molecule has 0 fully saturated rings. The predicted octanol–water partition coefficient (Wildman–Crippen LogP) is 4.01. The average molecular weight is 314 g/mol. The number of amides is 2. The number of rotatable bonds is 5. The van der Waals surface area contributed by atoms with E-state index in [0.717, 1.165) is 10.6 Å². The van der Waals surface area contributed by atoms with E-state index in [9.17, 15) is 9.59 Å².